The maximum atomic E-state index is 12.5. The first-order valence-electron chi connectivity index (χ1n) is 11.3. The largest absolute Gasteiger partial charge is 0.464 e. The molecule has 0 radical (unpaired) electrons. The Kier molecular flexibility index (Phi) is 11.1. The normalized spacial score (nSPS) is 30.6. The zero-order chi connectivity index (χ0) is 27.0. The molecule has 14 heteroatoms. The van der Waals surface area contributed by atoms with Crippen LogP contribution in [0.1, 0.15) is 47.5 Å². The molecule has 0 aromatic heterocycles. The lowest BCUT2D eigenvalue weighted by atomic mass is 9.98. The third-order valence-electron chi connectivity index (χ3n) is 5.09. The SMILES string of the molecule is CCCO[C@@H](O[C@@H]1O[C@H](COC(C)=O)[C@@H](OC(C)=O)[C@H](OC(C)=O)[C@H]1OC(C)=O)[C@@]1(Br)CCOC1=O. The Morgan fingerprint density at radius 1 is 0.972 bits per heavy atom. The topological polar surface area (TPSA) is 159 Å². The average Bonchev–Trinajstić information content (AvgIpc) is 3.11. The van der Waals surface area contributed by atoms with E-state index in [2.05, 4.69) is 15.9 Å². The lowest BCUT2D eigenvalue weighted by Gasteiger charge is -2.45. The molecule has 7 atom stereocenters. The van der Waals surface area contributed by atoms with E-state index >= 15 is 0 Å². The Bertz CT molecular complexity index is 833. The van der Waals surface area contributed by atoms with Crippen LogP contribution in [0, 0.1) is 0 Å². The van der Waals surface area contributed by atoms with E-state index in [-0.39, 0.29) is 19.6 Å². The number of halogens is 1. The lowest BCUT2D eigenvalue weighted by Crippen LogP contribution is -2.64. The summed E-state index contributed by atoms with van der Waals surface area (Å²) in [7, 11) is 0. The van der Waals surface area contributed by atoms with Crippen molar-refractivity contribution >= 4 is 45.8 Å². The molecule has 0 N–H and O–H groups in total. The number of hydrogen-bond donors (Lipinski definition) is 0. The van der Waals surface area contributed by atoms with E-state index in [0.29, 0.717) is 6.42 Å². The van der Waals surface area contributed by atoms with E-state index in [1.807, 2.05) is 6.92 Å². The predicted molar refractivity (Wildman–Crippen MR) is 120 cm³/mol. The number of carbonyl (C=O) groups excluding carboxylic acids is 5. The summed E-state index contributed by atoms with van der Waals surface area (Å²) in [5.74, 6) is -3.60. The van der Waals surface area contributed by atoms with Gasteiger partial charge in [0, 0.05) is 40.7 Å². The number of carbonyl (C=O) groups is 5. The molecule has 2 saturated heterocycles. The van der Waals surface area contributed by atoms with E-state index in [0.717, 1.165) is 27.7 Å². The van der Waals surface area contributed by atoms with Gasteiger partial charge in [0.25, 0.3) is 0 Å². The summed E-state index contributed by atoms with van der Waals surface area (Å²) >= 11 is 3.36. The number of esters is 5. The van der Waals surface area contributed by atoms with E-state index in [4.69, 9.17) is 37.9 Å². The van der Waals surface area contributed by atoms with Crippen molar-refractivity contribution in [1.29, 1.82) is 0 Å². The summed E-state index contributed by atoms with van der Waals surface area (Å²) in [4.78, 5) is 59.7. The molecule has 36 heavy (non-hydrogen) atoms. The molecule has 204 valence electrons. The highest BCUT2D eigenvalue weighted by Gasteiger charge is 2.57. The molecule has 0 unspecified atom stereocenters. The van der Waals surface area contributed by atoms with E-state index in [1.165, 1.54) is 0 Å². The Morgan fingerprint density at radius 3 is 2.06 bits per heavy atom. The number of alkyl halides is 1. The fraction of sp³-hybridized carbons (Fsp3) is 0.773. The number of cyclic esters (lactones) is 1. The van der Waals surface area contributed by atoms with Crippen LogP contribution in [0.3, 0.4) is 0 Å². The molecule has 2 fully saturated rings. The van der Waals surface area contributed by atoms with Gasteiger partial charge in [0.15, 0.2) is 28.9 Å². The molecular formula is C22H31BrO13. The van der Waals surface area contributed by atoms with Crippen LogP contribution >= 0.6 is 15.9 Å². The third-order valence-corrected chi connectivity index (χ3v) is 6.19. The Hall–Kier alpha value is -2.29. The Balaban J connectivity index is 2.49. The van der Waals surface area contributed by atoms with Gasteiger partial charge in [-0.15, -0.1) is 0 Å². The molecule has 2 heterocycles. The third kappa shape index (κ3) is 7.85. The number of ether oxygens (including phenoxy) is 8. The molecule has 0 aliphatic carbocycles. The molecule has 0 bridgehead atoms. The van der Waals surface area contributed by atoms with Gasteiger partial charge in [0.1, 0.15) is 12.7 Å². The van der Waals surface area contributed by atoms with Crippen molar-refractivity contribution in [2.75, 3.05) is 19.8 Å². The highest BCUT2D eigenvalue weighted by molar-refractivity contribution is 9.10. The van der Waals surface area contributed by atoms with Crippen molar-refractivity contribution in [1.82, 2.24) is 0 Å². The summed E-state index contributed by atoms with van der Waals surface area (Å²) in [5.41, 5.74) is 0. The minimum absolute atomic E-state index is 0.109. The molecule has 2 aliphatic rings. The van der Waals surface area contributed by atoms with Crippen molar-refractivity contribution in [3.05, 3.63) is 0 Å². The predicted octanol–water partition coefficient (Wildman–Crippen LogP) is 0.919. The molecule has 0 saturated carbocycles. The van der Waals surface area contributed by atoms with Crippen molar-refractivity contribution in [2.24, 2.45) is 0 Å². The van der Waals surface area contributed by atoms with Crippen LogP contribution in [-0.2, 0) is 61.9 Å². The van der Waals surface area contributed by atoms with E-state index in [1.54, 1.807) is 0 Å². The van der Waals surface area contributed by atoms with Crippen molar-refractivity contribution < 1.29 is 61.9 Å². The molecule has 13 nitrogen and oxygen atoms in total. The van der Waals surface area contributed by atoms with Gasteiger partial charge in [-0.25, -0.2) is 0 Å². The quantitative estimate of drug-likeness (QED) is 0.146. The van der Waals surface area contributed by atoms with E-state index in [9.17, 15) is 24.0 Å². The van der Waals surface area contributed by atoms with Crippen LogP contribution in [0.25, 0.3) is 0 Å². The van der Waals surface area contributed by atoms with Crippen molar-refractivity contribution in [3.63, 3.8) is 0 Å². The molecular weight excluding hydrogens is 552 g/mol. The maximum Gasteiger partial charge on any atom is 0.328 e. The van der Waals surface area contributed by atoms with Crippen LogP contribution in [0.2, 0.25) is 0 Å². The van der Waals surface area contributed by atoms with Gasteiger partial charge in [-0.3, -0.25) is 24.0 Å². The average molecular weight is 583 g/mol. The van der Waals surface area contributed by atoms with Gasteiger partial charge >= 0.3 is 29.8 Å². The fourth-order valence-electron chi connectivity index (χ4n) is 3.65. The monoisotopic (exact) mass is 582 g/mol. The minimum atomic E-state index is -1.50. The van der Waals surface area contributed by atoms with Crippen LogP contribution in [0.5, 0.6) is 0 Å². The Labute approximate surface area is 216 Å². The highest BCUT2D eigenvalue weighted by atomic mass is 79.9. The van der Waals surface area contributed by atoms with Crippen molar-refractivity contribution in [3.8, 4) is 0 Å². The molecule has 0 aromatic carbocycles. The summed E-state index contributed by atoms with van der Waals surface area (Å²) in [6.45, 7) is 6.23. The second-order valence-corrected chi connectivity index (χ2v) is 9.57. The summed E-state index contributed by atoms with van der Waals surface area (Å²) in [5, 5.41) is 0. The van der Waals surface area contributed by atoms with Gasteiger partial charge in [-0.2, -0.15) is 0 Å². The van der Waals surface area contributed by atoms with Gasteiger partial charge in [-0.05, 0) is 6.42 Å². The smallest absolute Gasteiger partial charge is 0.328 e. The zero-order valence-corrected chi connectivity index (χ0v) is 22.3. The first-order chi connectivity index (χ1) is 16.9. The van der Waals surface area contributed by atoms with Crippen LogP contribution in [0.15, 0.2) is 0 Å². The molecule has 2 aliphatic heterocycles. The van der Waals surface area contributed by atoms with Crippen LogP contribution < -0.4 is 0 Å². The van der Waals surface area contributed by atoms with Gasteiger partial charge in [0.05, 0.1) is 6.61 Å². The molecule has 2 rings (SSSR count). The van der Waals surface area contributed by atoms with E-state index < -0.39 is 77.8 Å². The fourth-order valence-corrected chi connectivity index (χ4v) is 4.17. The van der Waals surface area contributed by atoms with Gasteiger partial charge in [-0.1, -0.05) is 22.9 Å². The standard InChI is InChI=1S/C22H31BrO13/c1-6-8-30-21(22(23)7-9-29-20(22)28)36-19-18(34-14(5)27)17(33-13(4)26)16(32-12(3)25)15(35-19)10-31-11(2)24/h15-19,21H,6-10H2,1-5H3/t15-,16-,17+,18-,19+,21+,22-/m1/s1. The highest BCUT2D eigenvalue weighted by Crippen LogP contribution is 2.39. The van der Waals surface area contributed by atoms with Gasteiger partial charge in [0.2, 0.25) is 6.29 Å². The van der Waals surface area contributed by atoms with Crippen LogP contribution in [0.4, 0.5) is 0 Å². The number of hydrogen-bond acceptors (Lipinski definition) is 13. The lowest BCUT2D eigenvalue weighted by molar-refractivity contribution is -0.342. The molecule has 0 amide bonds. The maximum absolute atomic E-state index is 12.5. The van der Waals surface area contributed by atoms with Crippen molar-refractivity contribution in [2.45, 2.75) is 88.8 Å². The second-order valence-electron chi connectivity index (χ2n) is 8.15. The molecule has 0 aromatic rings. The minimum Gasteiger partial charge on any atom is -0.464 e. The molecule has 0 spiro atoms. The summed E-state index contributed by atoms with van der Waals surface area (Å²) in [6, 6.07) is 0. The Morgan fingerprint density at radius 2 is 1.56 bits per heavy atom. The van der Waals surface area contributed by atoms with Gasteiger partial charge < -0.3 is 37.9 Å². The first kappa shape index (κ1) is 29.9. The van der Waals surface area contributed by atoms with Crippen LogP contribution in [-0.4, -0.2) is 91.0 Å². The first-order valence-corrected chi connectivity index (χ1v) is 12.1. The summed E-state index contributed by atoms with van der Waals surface area (Å²) < 4.78 is 42.5. The zero-order valence-electron chi connectivity index (χ0n) is 20.7. The summed E-state index contributed by atoms with van der Waals surface area (Å²) in [6.07, 6.45) is -7.41. The second kappa shape index (κ2) is 13.3. The number of rotatable bonds is 11.